The quantitative estimate of drug-likeness (QED) is 0.410. The van der Waals surface area contributed by atoms with Gasteiger partial charge in [-0.2, -0.15) is 0 Å². The molecule has 0 unspecified atom stereocenters. The molecule has 0 aromatic carbocycles. The number of hydrogen-bond donors (Lipinski definition) is 0. The van der Waals surface area contributed by atoms with E-state index in [0.717, 1.165) is 0 Å². The van der Waals surface area contributed by atoms with Gasteiger partial charge >= 0.3 is 38.6 Å². The first-order chi connectivity index (χ1) is 3.46. The van der Waals surface area contributed by atoms with E-state index in [1.807, 2.05) is 0 Å². The van der Waals surface area contributed by atoms with Crippen molar-refractivity contribution in [2.75, 3.05) is 0 Å². The van der Waals surface area contributed by atoms with Crippen molar-refractivity contribution < 1.29 is 66.7 Å². The Morgan fingerprint density at radius 3 is 0.778 bits per heavy atom. The molecule has 0 saturated carbocycles. The molecule has 0 saturated heterocycles. The van der Waals surface area contributed by atoms with Crippen molar-refractivity contribution in [1.29, 1.82) is 0 Å². The molecule has 0 amide bonds. The molecule has 0 fully saturated rings. The van der Waals surface area contributed by atoms with E-state index < -0.39 is 18.3 Å². The first-order valence-corrected chi connectivity index (χ1v) is 3.67. The van der Waals surface area contributed by atoms with Gasteiger partial charge in [-0.3, -0.25) is 0 Å². The van der Waals surface area contributed by atoms with E-state index in [0.29, 0.717) is 0 Å². The Hall–Kier alpha value is 0.519. The van der Waals surface area contributed by atoms with Crippen LogP contribution in [0.25, 0.3) is 0 Å². The first-order valence-electron chi connectivity index (χ1n) is 1.22. The molecule has 0 rings (SSSR count). The van der Waals surface area contributed by atoms with E-state index in [2.05, 4.69) is 0 Å². The van der Waals surface area contributed by atoms with Crippen molar-refractivity contribution in [3.63, 3.8) is 0 Å². The SMILES string of the molecule is O=[Si]([O-])[O-].O=[Si]([O-])[O-].[Tb+4]. The van der Waals surface area contributed by atoms with Gasteiger partial charge in [0.1, 0.15) is 0 Å². The zero-order valence-corrected chi connectivity index (χ0v) is 7.92. The van der Waals surface area contributed by atoms with E-state index in [4.69, 9.17) is 28.1 Å². The molecule has 9 heavy (non-hydrogen) atoms. The van der Waals surface area contributed by atoms with Gasteiger partial charge in [-0.15, -0.1) is 0 Å². The van der Waals surface area contributed by atoms with Crippen molar-refractivity contribution in [1.82, 2.24) is 0 Å². The molecular formula is O6Si2Tb. The third-order valence-corrected chi connectivity index (χ3v) is 0. The molecule has 0 aliphatic heterocycles. The average molecular weight is 311 g/mol. The fraction of sp³-hybridized carbons (Fsp3) is 0. The minimum Gasteiger partial charge on any atom is -0.672 e. The van der Waals surface area contributed by atoms with Crippen LogP contribution in [0.5, 0.6) is 0 Å². The summed E-state index contributed by atoms with van der Waals surface area (Å²) in [6.45, 7) is 0. The molecule has 6 nitrogen and oxygen atoms in total. The summed E-state index contributed by atoms with van der Waals surface area (Å²) in [5.41, 5.74) is 0. The van der Waals surface area contributed by atoms with E-state index in [1.165, 1.54) is 0 Å². The monoisotopic (exact) mass is 311 g/mol. The van der Waals surface area contributed by atoms with Gasteiger partial charge < -0.3 is 28.1 Å². The van der Waals surface area contributed by atoms with Crippen molar-refractivity contribution in [2.24, 2.45) is 0 Å². The van der Waals surface area contributed by atoms with Crippen LogP contribution in [-0.4, -0.2) is 18.3 Å². The Balaban J connectivity index is -0.0000000720. The van der Waals surface area contributed by atoms with Gasteiger partial charge in [-0.1, -0.05) is 0 Å². The van der Waals surface area contributed by atoms with Crippen LogP contribution in [0.2, 0.25) is 0 Å². The first kappa shape index (κ1) is 16.3. The molecule has 53 valence electrons. The van der Waals surface area contributed by atoms with E-state index in [1.54, 1.807) is 0 Å². The molecule has 0 heterocycles. The van der Waals surface area contributed by atoms with E-state index in [-0.39, 0.29) is 38.6 Å². The topological polar surface area (TPSA) is 126 Å². The minimum absolute atomic E-state index is 0. The van der Waals surface area contributed by atoms with E-state index in [9.17, 15) is 0 Å². The average Bonchev–Trinajstić information content (AvgIpc) is 1.25. The van der Waals surface area contributed by atoms with Crippen LogP contribution in [0.3, 0.4) is 0 Å². The summed E-state index contributed by atoms with van der Waals surface area (Å²) in [5.74, 6) is 0. The third kappa shape index (κ3) is 1340. The maximum absolute atomic E-state index is 8.52. The van der Waals surface area contributed by atoms with Crippen molar-refractivity contribution in [3.8, 4) is 0 Å². The van der Waals surface area contributed by atoms with Gasteiger partial charge in [0.15, 0.2) is 0 Å². The standard InChI is InChI=1S/2O3Si.Tb/c2*1-4(2)3;/q2*-2;+4. The predicted molar refractivity (Wildman–Crippen MR) is 12.9 cm³/mol. The number of rotatable bonds is 0. The van der Waals surface area contributed by atoms with Gasteiger partial charge in [0.05, 0.1) is 0 Å². The summed E-state index contributed by atoms with van der Waals surface area (Å²) >= 11 is 0. The molecule has 1 radical (unpaired) electrons. The van der Waals surface area contributed by atoms with Crippen LogP contribution in [-0.2, 0) is 8.92 Å². The molecule has 0 atom stereocenters. The Morgan fingerprint density at radius 2 is 0.778 bits per heavy atom. The molecule has 0 aliphatic rings. The molecule has 0 aromatic rings. The second kappa shape index (κ2) is 11.3. The van der Waals surface area contributed by atoms with Crippen LogP contribution in [0, 0.1) is 38.6 Å². The van der Waals surface area contributed by atoms with Crippen LogP contribution in [0.4, 0.5) is 0 Å². The predicted octanol–water partition coefficient (Wildman–Crippen LogP) is -5.76. The van der Waals surface area contributed by atoms with Crippen molar-refractivity contribution >= 4 is 18.3 Å². The van der Waals surface area contributed by atoms with Gasteiger partial charge in [-0.25, -0.2) is 0 Å². The Labute approximate surface area is 84.4 Å². The van der Waals surface area contributed by atoms with Crippen molar-refractivity contribution in [3.05, 3.63) is 0 Å². The van der Waals surface area contributed by atoms with E-state index >= 15 is 0 Å². The Kier molecular flexibility index (Phi) is 20.5. The van der Waals surface area contributed by atoms with Crippen LogP contribution >= 0.6 is 0 Å². The molecule has 0 N–H and O–H groups in total. The zero-order chi connectivity index (χ0) is 7.15. The second-order valence-electron chi connectivity index (χ2n) is 0.500. The van der Waals surface area contributed by atoms with Crippen LogP contribution in [0.1, 0.15) is 0 Å². The van der Waals surface area contributed by atoms with Crippen LogP contribution in [0.15, 0.2) is 0 Å². The summed E-state index contributed by atoms with van der Waals surface area (Å²) < 4.78 is 17.0. The second-order valence-corrected chi connectivity index (χ2v) is 1.50. The largest absolute Gasteiger partial charge is 4.00 e. The Morgan fingerprint density at radius 1 is 0.778 bits per heavy atom. The summed E-state index contributed by atoms with van der Waals surface area (Å²) in [6, 6.07) is 0. The third-order valence-electron chi connectivity index (χ3n) is 0. The Bertz CT molecular complexity index is 69.1. The molecule has 9 heteroatoms. The van der Waals surface area contributed by atoms with Gasteiger partial charge in [0.25, 0.3) is 0 Å². The molecule has 0 spiro atoms. The maximum atomic E-state index is 8.52. The summed E-state index contributed by atoms with van der Waals surface area (Å²) in [4.78, 5) is 34.1. The minimum atomic E-state index is -3.63. The molecule has 0 bridgehead atoms. The van der Waals surface area contributed by atoms with Gasteiger partial charge in [0, 0.05) is 18.3 Å². The van der Waals surface area contributed by atoms with Gasteiger partial charge in [-0.05, 0) is 0 Å². The smallest absolute Gasteiger partial charge is 0.672 e. The molecule has 0 aromatic heterocycles. The molecular weight excluding hydrogens is 311 g/mol. The van der Waals surface area contributed by atoms with Crippen LogP contribution < -0.4 is 19.2 Å². The maximum Gasteiger partial charge on any atom is 4.00 e. The molecule has 0 aliphatic carbocycles. The fourth-order valence-electron chi connectivity index (χ4n) is 0. The fourth-order valence-corrected chi connectivity index (χ4v) is 0. The zero-order valence-electron chi connectivity index (χ0n) is 3.78. The normalized spacial score (nSPS) is 5.33. The van der Waals surface area contributed by atoms with Crippen molar-refractivity contribution in [2.45, 2.75) is 0 Å². The summed E-state index contributed by atoms with van der Waals surface area (Å²) in [7, 11) is -7.26. The van der Waals surface area contributed by atoms with Gasteiger partial charge in [0.2, 0.25) is 0 Å². The summed E-state index contributed by atoms with van der Waals surface area (Å²) in [5, 5.41) is 0. The summed E-state index contributed by atoms with van der Waals surface area (Å²) in [6.07, 6.45) is 0. The number of hydrogen-bond acceptors (Lipinski definition) is 6.